The van der Waals surface area contributed by atoms with Crippen molar-refractivity contribution < 1.29 is 0 Å². The first kappa shape index (κ1) is 15.1. The summed E-state index contributed by atoms with van der Waals surface area (Å²) in [4.78, 5) is 0. The Kier molecular flexibility index (Phi) is 4.92. The lowest BCUT2D eigenvalue weighted by atomic mass is 9.73. The normalized spacial score (nSPS) is 19.5. The van der Waals surface area contributed by atoms with E-state index in [0.717, 1.165) is 16.6 Å². The third-order valence-corrected chi connectivity index (χ3v) is 7.71. The number of halogens is 2. The van der Waals surface area contributed by atoms with E-state index in [1.165, 1.54) is 51.4 Å². The van der Waals surface area contributed by atoms with E-state index in [0.29, 0.717) is 5.41 Å². The molecule has 20 heavy (non-hydrogen) atoms. The molecule has 0 unspecified atom stereocenters. The fourth-order valence-electron chi connectivity index (χ4n) is 4.17. The highest BCUT2D eigenvalue weighted by Gasteiger charge is 2.38. The fourth-order valence-corrected chi connectivity index (χ4v) is 6.41. The van der Waals surface area contributed by atoms with Crippen LogP contribution in [0.25, 0.3) is 0 Å². The van der Waals surface area contributed by atoms with E-state index in [1.54, 1.807) is 16.7 Å². The average Bonchev–Trinajstić information content (AvgIpc) is 3.15. The Bertz CT molecular complexity index is 456. The van der Waals surface area contributed by atoms with Crippen molar-refractivity contribution >= 4 is 31.9 Å². The van der Waals surface area contributed by atoms with Crippen LogP contribution >= 0.6 is 31.9 Å². The second kappa shape index (κ2) is 6.52. The Labute approximate surface area is 140 Å². The molecule has 0 bridgehead atoms. The Morgan fingerprint density at radius 1 is 0.950 bits per heavy atom. The van der Waals surface area contributed by atoms with E-state index in [1.807, 2.05) is 0 Å². The molecule has 1 fully saturated rings. The fraction of sp³-hybridized carbons (Fsp3) is 0.667. The molecule has 0 atom stereocenters. The quantitative estimate of drug-likeness (QED) is 0.558. The molecule has 2 aliphatic carbocycles. The van der Waals surface area contributed by atoms with E-state index < -0.39 is 0 Å². The maximum absolute atomic E-state index is 3.83. The van der Waals surface area contributed by atoms with Gasteiger partial charge in [-0.05, 0) is 66.5 Å². The van der Waals surface area contributed by atoms with Crippen molar-refractivity contribution in [3.63, 3.8) is 0 Å². The molecule has 2 heteroatoms. The average molecular weight is 400 g/mol. The van der Waals surface area contributed by atoms with Crippen LogP contribution < -0.4 is 0 Å². The highest BCUT2D eigenvalue weighted by atomic mass is 79.9. The number of fused-ring (bicyclic) bond motifs is 1. The van der Waals surface area contributed by atoms with Crippen molar-refractivity contribution in [1.82, 2.24) is 0 Å². The lowest BCUT2D eigenvalue weighted by Crippen LogP contribution is -2.35. The molecule has 0 amide bonds. The number of benzene rings is 1. The zero-order valence-electron chi connectivity index (χ0n) is 12.1. The molecular formula is C18H24Br2. The summed E-state index contributed by atoms with van der Waals surface area (Å²) in [7, 11) is 0. The van der Waals surface area contributed by atoms with Gasteiger partial charge < -0.3 is 0 Å². The van der Waals surface area contributed by atoms with Crippen LogP contribution in [0.15, 0.2) is 18.2 Å². The molecule has 1 saturated carbocycles. The molecule has 0 aromatic heterocycles. The van der Waals surface area contributed by atoms with E-state index >= 15 is 0 Å². The van der Waals surface area contributed by atoms with Gasteiger partial charge in [-0.25, -0.2) is 0 Å². The zero-order chi connectivity index (χ0) is 14.0. The molecule has 0 N–H and O–H groups in total. The number of hydrogen-bond acceptors (Lipinski definition) is 0. The summed E-state index contributed by atoms with van der Waals surface area (Å²) in [6.45, 7) is 0. The molecule has 1 aromatic carbocycles. The number of aryl methyl sites for hydroxylation is 2. The van der Waals surface area contributed by atoms with Crippen LogP contribution in [0.2, 0.25) is 0 Å². The van der Waals surface area contributed by atoms with Gasteiger partial charge in [-0.2, -0.15) is 0 Å². The van der Waals surface area contributed by atoms with Crippen LogP contribution in [0, 0.1) is 11.3 Å². The number of alkyl halides is 2. The molecule has 0 heterocycles. The number of rotatable bonds is 5. The van der Waals surface area contributed by atoms with E-state index in [-0.39, 0.29) is 0 Å². The largest absolute Gasteiger partial charge is 0.0921 e. The topological polar surface area (TPSA) is 0 Å². The zero-order valence-corrected chi connectivity index (χ0v) is 15.3. The third-order valence-electron chi connectivity index (χ3n) is 5.47. The molecule has 0 spiro atoms. The van der Waals surface area contributed by atoms with Gasteiger partial charge >= 0.3 is 0 Å². The molecule has 1 aromatic rings. The van der Waals surface area contributed by atoms with Crippen molar-refractivity contribution in [2.24, 2.45) is 11.3 Å². The van der Waals surface area contributed by atoms with Gasteiger partial charge in [0, 0.05) is 10.7 Å². The van der Waals surface area contributed by atoms with Crippen molar-refractivity contribution in [3.8, 4) is 0 Å². The van der Waals surface area contributed by atoms with Gasteiger partial charge in [0.15, 0.2) is 0 Å². The predicted molar refractivity (Wildman–Crippen MR) is 94.2 cm³/mol. The Balaban J connectivity index is 1.82. The van der Waals surface area contributed by atoms with Crippen LogP contribution in [-0.2, 0) is 19.3 Å². The maximum atomic E-state index is 3.83. The van der Waals surface area contributed by atoms with E-state index in [4.69, 9.17) is 0 Å². The minimum atomic E-state index is 0.406. The van der Waals surface area contributed by atoms with Crippen molar-refractivity contribution in [2.45, 2.75) is 51.4 Å². The maximum Gasteiger partial charge on any atom is 0.0102 e. The number of hydrogen-bond donors (Lipinski definition) is 0. The highest BCUT2D eigenvalue weighted by molar-refractivity contribution is 9.09. The van der Waals surface area contributed by atoms with Gasteiger partial charge in [0.1, 0.15) is 0 Å². The van der Waals surface area contributed by atoms with Gasteiger partial charge in [-0.15, -0.1) is 0 Å². The lowest BCUT2D eigenvalue weighted by Gasteiger charge is -2.36. The second-order valence-corrected chi connectivity index (χ2v) is 7.87. The minimum absolute atomic E-state index is 0.406. The Morgan fingerprint density at radius 2 is 1.65 bits per heavy atom. The van der Waals surface area contributed by atoms with E-state index in [2.05, 4.69) is 50.1 Å². The van der Waals surface area contributed by atoms with Crippen molar-refractivity contribution in [3.05, 3.63) is 34.9 Å². The van der Waals surface area contributed by atoms with Crippen LogP contribution in [0.5, 0.6) is 0 Å². The van der Waals surface area contributed by atoms with Crippen molar-refractivity contribution in [2.75, 3.05) is 10.7 Å². The van der Waals surface area contributed by atoms with Gasteiger partial charge in [0.2, 0.25) is 0 Å². The van der Waals surface area contributed by atoms with Crippen molar-refractivity contribution in [1.29, 1.82) is 0 Å². The second-order valence-electron chi connectivity index (χ2n) is 6.74. The molecule has 0 saturated heterocycles. The molecule has 0 radical (unpaired) electrons. The third kappa shape index (κ3) is 2.88. The van der Waals surface area contributed by atoms with Gasteiger partial charge in [0.25, 0.3) is 0 Å². The minimum Gasteiger partial charge on any atom is -0.0921 e. The van der Waals surface area contributed by atoms with Gasteiger partial charge in [0.05, 0.1) is 0 Å². The Hall–Kier alpha value is 0.180. The monoisotopic (exact) mass is 398 g/mol. The summed E-state index contributed by atoms with van der Waals surface area (Å²) >= 11 is 7.67. The van der Waals surface area contributed by atoms with Gasteiger partial charge in [-0.1, -0.05) is 62.9 Å². The molecule has 3 rings (SSSR count). The van der Waals surface area contributed by atoms with Crippen LogP contribution in [0.3, 0.4) is 0 Å². The van der Waals surface area contributed by atoms with E-state index in [9.17, 15) is 0 Å². The summed E-state index contributed by atoms with van der Waals surface area (Å²) < 4.78 is 0. The summed E-state index contributed by atoms with van der Waals surface area (Å²) in [6, 6.07) is 7.27. The molecule has 0 aliphatic heterocycles. The van der Waals surface area contributed by atoms with Crippen LogP contribution in [0.4, 0.5) is 0 Å². The summed E-state index contributed by atoms with van der Waals surface area (Å²) in [5.41, 5.74) is 5.17. The smallest absolute Gasteiger partial charge is 0.0102 e. The molecule has 0 nitrogen and oxygen atoms in total. The summed E-state index contributed by atoms with van der Waals surface area (Å²) in [5, 5.41) is 2.24. The SMILES string of the molecule is BrCC(CBr)(Cc1ccc2c(c1)CCC2)C1CCCC1. The predicted octanol–water partition coefficient (Wildman–Crippen LogP) is 5.68. The summed E-state index contributed by atoms with van der Waals surface area (Å²) in [5.74, 6) is 0.884. The molecule has 110 valence electrons. The first-order chi connectivity index (χ1) is 9.77. The highest BCUT2D eigenvalue weighted by Crippen LogP contribution is 2.45. The first-order valence-electron chi connectivity index (χ1n) is 8.00. The van der Waals surface area contributed by atoms with Crippen LogP contribution in [0.1, 0.15) is 48.8 Å². The summed E-state index contributed by atoms with van der Waals surface area (Å²) in [6.07, 6.45) is 10.9. The molecule has 2 aliphatic rings. The Morgan fingerprint density at radius 3 is 2.35 bits per heavy atom. The van der Waals surface area contributed by atoms with Gasteiger partial charge in [-0.3, -0.25) is 0 Å². The van der Waals surface area contributed by atoms with Crippen LogP contribution in [-0.4, -0.2) is 10.7 Å². The first-order valence-corrected chi connectivity index (χ1v) is 10.2. The molecular weight excluding hydrogens is 376 g/mol. The standard InChI is InChI=1S/C18H24Br2/c19-12-18(13-20,17-6-1-2-7-17)11-14-8-9-15-4-3-5-16(15)10-14/h8-10,17H,1-7,11-13H2. The lowest BCUT2D eigenvalue weighted by molar-refractivity contribution is 0.233.